The molecule has 1 aromatic carbocycles. The molecule has 0 spiro atoms. The molecule has 7 rings (SSSR count). The summed E-state index contributed by atoms with van der Waals surface area (Å²) >= 11 is 0. The molecule has 0 N–H and O–H groups in total. The first-order chi connectivity index (χ1) is 20.3. The number of fused-ring (bicyclic) bond motifs is 5. The number of hydrogen-bond donors (Lipinski definition) is 0. The SMILES string of the molecule is CC(C)(C)OC(=O)CN1CCN(c2nc3ccccc3n2C2CC3CCCC(C2)N3C2CCC3CCCC(C3)C2)CC1. The molecule has 5 unspecified atom stereocenters. The zero-order valence-corrected chi connectivity index (χ0v) is 26.3. The standard InChI is InChI=1S/C35H53N5O2/c1-35(2,3)42-33(41)24-37-16-18-38(19-17-37)34-36-31-12-4-5-13-32(31)40(34)30-22-27-10-7-11-28(23-30)39(27)29-15-14-25-8-6-9-26(20-25)21-29/h4-5,12-13,25-30H,6-11,14-24H2,1-3H3. The summed E-state index contributed by atoms with van der Waals surface area (Å²) in [5, 5.41) is 0. The van der Waals surface area contributed by atoms with Gasteiger partial charge in [-0.3, -0.25) is 14.6 Å². The van der Waals surface area contributed by atoms with Crippen molar-refractivity contribution in [1.29, 1.82) is 0 Å². The van der Waals surface area contributed by atoms with Crippen molar-refractivity contribution < 1.29 is 9.53 Å². The average molecular weight is 576 g/mol. The van der Waals surface area contributed by atoms with Crippen LogP contribution < -0.4 is 4.90 Å². The Hall–Kier alpha value is -2.12. The van der Waals surface area contributed by atoms with Crippen LogP contribution in [0, 0.1) is 11.8 Å². The van der Waals surface area contributed by atoms with Crippen molar-refractivity contribution in [3.63, 3.8) is 0 Å². The monoisotopic (exact) mass is 575 g/mol. The minimum absolute atomic E-state index is 0.126. The number of para-hydroxylation sites is 2. The normalized spacial score (nSPS) is 33.0. The van der Waals surface area contributed by atoms with E-state index in [-0.39, 0.29) is 5.97 Å². The predicted octanol–water partition coefficient (Wildman–Crippen LogP) is 6.42. The molecule has 7 heteroatoms. The van der Waals surface area contributed by atoms with Gasteiger partial charge in [-0.05, 0) is 96.1 Å². The van der Waals surface area contributed by atoms with Gasteiger partial charge in [-0.25, -0.2) is 4.98 Å². The van der Waals surface area contributed by atoms with Gasteiger partial charge >= 0.3 is 5.97 Å². The molecule has 5 aliphatic rings. The molecule has 5 fully saturated rings. The van der Waals surface area contributed by atoms with Crippen LogP contribution in [0.5, 0.6) is 0 Å². The molecule has 1 aromatic heterocycles. The zero-order valence-electron chi connectivity index (χ0n) is 26.3. The van der Waals surface area contributed by atoms with Crippen LogP contribution in [0.4, 0.5) is 5.95 Å². The number of benzene rings is 1. The average Bonchev–Trinajstić information content (AvgIpc) is 3.27. The number of piperazine rings is 1. The lowest BCUT2D eigenvalue weighted by atomic mass is 9.78. The first kappa shape index (κ1) is 28.6. The Morgan fingerprint density at radius 2 is 1.50 bits per heavy atom. The molecule has 0 amide bonds. The summed E-state index contributed by atoms with van der Waals surface area (Å²) in [5.74, 6) is 3.01. The second kappa shape index (κ2) is 11.8. The highest BCUT2D eigenvalue weighted by Gasteiger charge is 2.44. The molecule has 42 heavy (non-hydrogen) atoms. The molecule has 0 radical (unpaired) electrons. The topological polar surface area (TPSA) is 53.8 Å². The Morgan fingerprint density at radius 1 is 0.810 bits per heavy atom. The van der Waals surface area contributed by atoms with Gasteiger partial charge in [0.1, 0.15) is 5.60 Å². The van der Waals surface area contributed by atoms with E-state index < -0.39 is 5.60 Å². The maximum Gasteiger partial charge on any atom is 0.320 e. The smallest absolute Gasteiger partial charge is 0.320 e. The summed E-state index contributed by atoms with van der Waals surface area (Å²) in [4.78, 5) is 25.5. The molecule has 2 aromatic rings. The third-order valence-corrected chi connectivity index (χ3v) is 11.2. The van der Waals surface area contributed by atoms with Crippen LogP contribution in [0.2, 0.25) is 0 Å². The fraction of sp³-hybridized carbons (Fsp3) is 0.771. The van der Waals surface area contributed by atoms with Crippen molar-refractivity contribution in [3.8, 4) is 0 Å². The first-order valence-electron chi connectivity index (χ1n) is 17.2. The number of esters is 1. The lowest BCUT2D eigenvalue weighted by molar-refractivity contribution is -0.156. The molecular formula is C35H53N5O2. The van der Waals surface area contributed by atoms with E-state index in [1.165, 1.54) is 82.6 Å². The van der Waals surface area contributed by atoms with E-state index >= 15 is 0 Å². The largest absolute Gasteiger partial charge is 0.459 e. The summed E-state index contributed by atoms with van der Waals surface area (Å²) in [6, 6.07) is 11.5. The van der Waals surface area contributed by atoms with Crippen LogP contribution in [0.1, 0.15) is 104 Å². The van der Waals surface area contributed by atoms with Crippen LogP contribution in [0.25, 0.3) is 11.0 Å². The van der Waals surface area contributed by atoms with E-state index in [0.29, 0.717) is 24.7 Å². The molecule has 7 nitrogen and oxygen atoms in total. The van der Waals surface area contributed by atoms with Crippen molar-refractivity contribution in [3.05, 3.63) is 24.3 Å². The lowest BCUT2D eigenvalue weighted by Gasteiger charge is -2.53. The van der Waals surface area contributed by atoms with E-state index in [1.807, 2.05) is 20.8 Å². The lowest BCUT2D eigenvalue weighted by Crippen LogP contribution is -2.57. The van der Waals surface area contributed by atoms with Crippen LogP contribution >= 0.6 is 0 Å². The fourth-order valence-electron chi connectivity index (χ4n) is 9.55. The van der Waals surface area contributed by atoms with Crippen LogP contribution in [-0.4, -0.2) is 81.8 Å². The van der Waals surface area contributed by atoms with Gasteiger partial charge in [0.05, 0.1) is 17.6 Å². The fourth-order valence-corrected chi connectivity index (χ4v) is 9.55. The molecule has 4 heterocycles. The second-order valence-electron chi connectivity index (χ2n) is 15.3. The van der Waals surface area contributed by atoms with Crippen molar-refractivity contribution in [2.24, 2.45) is 11.8 Å². The van der Waals surface area contributed by atoms with Gasteiger partial charge in [-0.15, -0.1) is 0 Å². The number of nitrogens with zero attached hydrogens (tertiary/aromatic N) is 5. The van der Waals surface area contributed by atoms with Crippen LogP contribution in [-0.2, 0) is 9.53 Å². The van der Waals surface area contributed by atoms with Crippen molar-refractivity contribution in [1.82, 2.24) is 19.4 Å². The number of rotatable bonds is 5. The Labute approximate surface area is 252 Å². The Morgan fingerprint density at radius 3 is 2.26 bits per heavy atom. The maximum absolute atomic E-state index is 12.5. The minimum Gasteiger partial charge on any atom is -0.459 e. The van der Waals surface area contributed by atoms with Crippen molar-refractivity contribution in [2.45, 2.75) is 128 Å². The highest BCUT2D eigenvalue weighted by Crippen LogP contribution is 2.47. The maximum atomic E-state index is 12.5. The number of carbonyl (C=O) groups excluding carboxylic acids is 1. The Balaban J connectivity index is 1.09. The van der Waals surface area contributed by atoms with Crippen molar-refractivity contribution in [2.75, 3.05) is 37.6 Å². The number of anilines is 1. The Bertz CT molecular complexity index is 1230. The summed E-state index contributed by atoms with van der Waals surface area (Å²) in [5.41, 5.74) is 1.98. The Kier molecular flexibility index (Phi) is 8.02. The molecule has 4 bridgehead atoms. The number of carbonyl (C=O) groups is 1. The van der Waals surface area contributed by atoms with Crippen molar-refractivity contribution >= 4 is 23.0 Å². The van der Waals surface area contributed by atoms with E-state index in [1.54, 1.807) is 0 Å². The molecule has 2 aliphatic carbocycles. The van der Waals surface area contributed by atoms with Gasteiger partial charge in [0, 0.05) is 50.3 Å². The molecule has 5 atom stereocenters. The third kappa shape index (κ3) is 5.97. The van der Waals surface area contributed by atoms with Gasteiger partial charge in [0.15, 0.2) is 0 Å². The number of ether oxygens (including phenoxy) is 1. The van der Waals surface area contributed by atoms with E-state index in [0.717, 1.165) is 55.5 Å². The highest BCUT2D eigenvalue weighted by molar-refractivity contribution is 5.79. The summed E-state index contributed by atoms with van der Waals surface area (Å²) in [6.07, 6.45) is 17.0. The summed E-state index contributed by atoms with van der Waals surface area (Å²) < 4.78 is 8.23. The number of imidazole rings is 1. The molecule has 3 aliphatic heterocycles. The predicted molar refractivity (Wildman–Crippen MR) is 169 cm³/mol. The van der Waals surface area contributed by atoms with Gasteiger partial charge in [-0.2, -0.15) is 0 Å². The van der Waals surface area contributed by atoms with Gasteiger partial charge < -0.3 is 14.2 Å². The quantitative estimate of drug-likeness (QED) is 0.384. The summed E-state index contributed by atoms with van der Waals surface area (Å²) in [7, 11) is 0. The molecule has 2 saturated carbocycles. The molecular weight excluding hydrogens is 522 g/mol. The number of piperidine rings is 2. The molecule has 230 valence electrons. The van der Waals surface area contributed by atoms with Gasteiger partial charge in [0.2, 0.25) is 5.95 Å². The van der Waals surface area contributed by atoms with Crippen LogP contribution in [0.3, 0.4) is 0 Å². The third-order valence-electron chi connectivity index (χ3n) is 11.2. The van der Waals surface area contributed by atoms with E-state index in [4.69, 9.17) is 9.72 Å². The van der Waals surface area contributed by atoms with Gasteiger partial charge in [0.25, 0.3) is 0 Å². The number of hydrogen-bond acceptors (Lipinski definition) is 6. The second-order valence-corrected chi connectivity index (χ2v) is 15.3. The van der Waals surface area contributed by atoms with E-state index in [2.05, 4.69) is 43.5 Å². The van der Waals surface area contributed by atoms with Crippen LogP contribution in [0.15, 0.2) is 24.3 Å². The summed E-state index contributed by atoms with van der Waals surface area (Å²) in [6.45, 7) is 9.68. The molecule has 3 saturated heterocycles. The minimum atomic E-state index is -0.438. The highest BCUT2D eigenvalue weighted by atomic mass is 16.6. The zero-order chi connectivity index (χ0) is 28.8. The van der Waals surface area contributed by atoms with Gasteiger partial charge in [-0.1, -0.05) is 37.8 Å². The number of aromatic nitrogens is 2. The van der Waals surface area contributed by atoms with E-state index in [9.17, 15) is 4.79 Å². The first-order valence-corrected chi connectivity index (χ1v) is 17.2.